The number of rotatable bonds is 4. The number of nitrogens with two attached hydrogens (primary N) is 1. The molecule has 120 valence electrons. The number of thiazole rings is 1. The molecular formula is C17H19N3O2S. The monoisotopic (exact) mass is 329 g/mol. The van der Waals surface area contributed by atoms with Gasteiger partial charge in [-0.05, 0) is 24.0 Å². The highest BCUT2D eigenvalue weighted by Crippen LogP contribution is 2.25. The normalized spacial score (nSPS) is 16.9. The van der Waals surface area contributed by atoms with Crippen molar-refractivity contribution in [2.75, 3.05) is 0 Å². The summed E-state index contributed by atoms with van der Waals surface area (Å²) in [6.07, 6.45) is 2.31. The molecule has 1 aliphatic heterocycles. The maximum Gasteiger partial charge on any atom is 0.274 e. The van der Waals surface area contributed by atoms with E-state index in [1.54, 1.807) is 10.3 Å². The number of aromatic nitrogens is 1. The van der Waals surface area contributed by atoms with Crippen LogP contribution in [0.5, 0.6) is 0 Å². The second-order valence-electron chi connectivity index (χ2n) is 5.70. The van der Waals surface area contributed by atoms with E-state index in [2.05, 4.69) is 11.9 Å². The van der Waals surface area contributed by atoms with E-state index >= 15 is 0 Å². The van der Waals surface area contributed by atoms with Crippen molar-refractivity contribution in [2.24, 2.45) is 5.73 Å². The van der Waals surface area contributed by atoms with Gasteiger partial charge in [-0.2, -0.15) is 0 Å². The van der Waals surface area contributed by atoms with Gasteiger partial charge in [0.2, 0.25) is 5.91 Å². The zero-order valence-electron chi connectivity index (χ0n) is 13.0. The summed E-state index contributed by atoms with van der Waals surface area (Å²) < 4.78 is 0. The Morgan fingerprint density at radius 2 is 2.09 bits per heavy atom. The minimum atomic E-state index is -0.617. The number of fused-ring (bicyclic) bond motifs is 1. The molecule has 0 fully saturated rings. The van der Waals surface area contributed by atoms with Crippen molar-refractivity contribution >= 4 is 23.2 Å². The first-order valence-electron chi connectivity index (χ1n) is 7.71. The number of hydrogen-bond donors (Lipinski definition) is 1. The van der Waals surface area contributed by atoms with Crippen LogP contribution in [0.4, 0.5) is 0 Å². The number of primary amides is 1. The second kappa shape index (κ2) is 6.50. The van der Waals surface area contributed by atoms with E-state index < -0.39 is 11.9 Å². The molecule has 1 aromatic heterocycles. The molecular weight excluding hydrogens is 310 g/mol. The lowest BCUT2D eigenvalue weighted by Crippen LogP contribution is -2.51. The van der Waals surface area contributed by atoms with Crippen molar-refractivity contribution in [1.29, 1.82) is 0 Å². The van der Waals surface area contributed by atoms with Crippen LogP contribution in [0.3, 0.4) is 0 Å². The molecule has 0 unspecified atom stereocenters. The van der Waals surface area contributed by atoms with E-state index in [1.807, 2.05) is 24.3 Å². The van der Waals surface area contributed by atoms with Gasteiger partial charge in [0.15, 0.2) is 0 Å². The van der Waals surface area contributed by atoms with Crippen molar-refractivity contribution in [3.05, 3.63) is 51.5 Å². The Hall–Kier alpha value is -2.21. The number of amides is 2. The van der Waals surface area contributed by atoms with Gasteiger partial charge >= 0.3 is 0 Å². The van der Waals surface area contributed by atoms with Gasteiger partial charge in [0.1, 0.15) is 11.7 Å². The van der Waals surface area contributed by atoms with E-state index in [4.69, 9.17) is 5.73 Å². The molecule has 0 saturated heterocycles. The SMILES string of the molecule is CCCc1nc(C(=O)N2Cc3ccccc3C[C@@H]2C(N)=O)cs1. The molecule has 0 saturated carbocycles. The van der Waals surface area contributed by atoms with Crippen molar-refractivity contribution in [1.82, 2.24) is 9.88 Å². The Morgan fingerprint density at radius 3 is 2.78 bits per heavy atom. The number of hydrogen-bond acceptors (Lipinski definition) is 4. The predicted molar refractivity (Wildman–Crippen MR) is 89.1 cm³/mol. The third-order valence-electron chi connectivity index (χ3n) is 4.07. The zero-order chi connectivity index (χ0) is 16.4. The lowest BCUT2D eigenvalue weighted by atomic mass is 9.93. The summed E-state index contributed by atoms with van der Waals surface area (Å²) in [6.45, 7) is 2.47. The van der Waals surface area contributed by atoms with Crippen LogP contribution >= 0.6 is 11.3 Å². The molecule has 3 rings (SSSR count). The molecule has 2 heterocycles. The summed E-state index contributed by atoms with van der Waals surface area (Å²) in [7, 11) is 0. The largest absolute Gasteiger partial charge is 0.368 e. The van der Waals surface area contributed by atoms with Crippen LogP contribution in [0, 0.1) is 0 Å². The van der Waals surface area contributed by atoms with Gasteiger partial charge in [0, 0.05) is 18.3 Å². The Bertz CT molecular complexity index is 741. The molecule has 2 aromatic rings. The minimum Gasteiger partial charge on any atom is -0.368 e. The van der Waals surface area contributed by atoms with E-state index in [9.17, 15) is 9.59 Å². The molecule has 23 heavy (non-hydrogen) atoms. The van der Waals surface area contributed by atoms with Crippen LogP contribution in [-0.2, 0) is 24.2 Å². The minimum absolute atomic E-state index is 0.220. The van der Waals surface area contributed by atoms with Crippen LogP contribution in [-0.4, -0.2) is 27.7 Å². The van der Waals surface area contributed by atoms with Crippen molar-refractivity contribution in [2.45, 2.75) is 38.8 Å². The highest BCUT2D eigenvalue weighted by atomic mass is 32.1. The third kappa shape index (κ3) is 3.12. The highest BCUT2D eigenvalue weighted by Gasteiger charge is 2.34. The molecule has 1 atom stereocenters. The second-order valence-corrected chi connectivity index (χ2v) is 6.64. The quantitative estimate of drug-likeness (QED) is 0.934. The fourth-order valence-corrected chi connectivity index (χ4v) is 3.75. The molecule has 0 bridgehead atoms. The smallest absolute Gasteiger partial charge is 0.274 e. The molecule has 0 radical (unpaired) electrons. The summed E-state index contributed by atoms with van der Waals surface area (Å²) >= 11 is 1.49. The number of carbonyl (C=O) groups excluding carboxylic acids is 2. The average Bonchev–Trinajstić information content (AvgIpc) is 3.02. The standard InChI is InChI=1S/C17H19N3O2S/c1-2-5-15-19-13(10-23-15)17(22)20-9-12-7-4-3-6-11(12)8-14(20)16(18)21/h3-4,6-7,10,14H,2,5,8-9H2,1H3,(H2,18,21)/t14-/m1/s1. The van der Waals surface area contributed by atoms with Gasteiger partial charge in [-0.25, -0.2) is 4.98 Å². The molecule has 2 N–H and O–H groups in total. The Balaban J connectivity index is 1.89. The van der Waals surface area contributed by atoms with Crippen LogP contribution in [0.1, 0.15) is 40.0 Å². The van der Waals surface area contributed by atoms with Gasteiger partial charge in [0.05, 0.1) is 5.01 Å². The molecule has 1 aliphatic rings. The molecule has 2 amide bonds. The van der Waals surface area contributed by atoms with Crippen LogP contribution in [0.2, 0.25) is 0 Å². The fraction of sp³-hybridized carbons (Fsp3) is 0.353. The highest BCUT2D eigenvalue weighted by molar-refractivity contribution is 7.09. The zero-order valence-corrected chi connectivity index (χ0v) is 13.8. The van der Waals surface area contributed by atoms with Crippen LogP contribution in [0.15, 0.2) is 29.6 Å². The van der Waals surface area contributed by atoms with E-state index in [1.165, 1.54) is 11.3 Å². The van der Waals surface area contributed by atoms with Crippen LogP contribution < -0.4 is 5.73 Å². The summed E-state index contributed by atoms with van der Waals surface area (Å²) in [6, 6.07) is 7.22. The molecule has 1 aromatic carbocycles. The third-order valence-corrected chi connectivity index (χ3v) is 4.98. The van der Waals surface area contributed by atoms with Crippen molar-refractivity contribution in [3.8, 4) is 0 Å². The van der Waals surface area contributed by atoms with E-state index in [0.717, 1.165) is 29.0 Å². The van der Waals surface area contributed by atoms with Gasteiger partial charge in [-0.1, -0.05) is 31.2 Å². The Kier molecular flexibility index (Phi) is 4.43. The molecule has 6 heteroatoms. The number of benzene rings is 1. The average molecular weight is 329 g/mol. The topological polar surface area (TPSA) is 76.3 Å². The number of aryl methyl sites for hydroxylation is 1. The van der Waals surface area contributed by atoms with Gasteiger partial charge in [-0.3, -0.25) is 9.59 Å². The molecule has 0 aliphatic carbocycles. The summed E-state index contributed by atoms with van der Waals surface area (Å²) in [5, 5.41) is 2.72. The van der Waals surface area contributed by atoms with Crippen molar-refractivity contribution in [3.63, 3.8) is 0 Å². The Labute approximate surface area is 139 Å². The van der Waals surface area contributed by atoms with Crippen molar-refractivity contribution < 1.29 is 9.59 Å². The van der Waals surface area contributed by atoms with Gasteiger partial charge in [-0.15, -0.1) is 11.3 Å². The lowest BCUT2D eigenvalue weighted by Gasteiger charge is -2.34. The lowest BCUT2D eigenvalue weighted by molar-refractivity contribution is -0.122. The van der Waals surface area contributed by atoms with Gasteiger partial charge < -0.3 is 10.6 Å². The molecule has 0 spiro atoms. The van der Waals surface area contributed by atoms with Crippen LogP contribution in [0.25, 0.3) is 0 Å². The summed E-state index contributed by atoms with van der Waals surface area (Å²) in [5.41, 5.74) is 8.07. The maximum absolute atomic E-state index is 12.8. The predicted octanol–water partition coefficient (Wildman–Crippen LogP) is 2.15. The summed E-state index contributed by atoms with van der Waals surface area (Å²) in [4.78, 5) is 30.6. The van der Waals surface area contributed by atoms with E-state index in [-0.39, 0.29) is 5.91 Å². The maximum atomic E-state index is 12.8. The van der Waals surface area contributed by atoms with E-state index in [0.29, 0.717) is 18.7 Å². The first-order chi connectivity index (χ1) is 11.1. The Morgan fingerprint density at radius 1 is 1.35 bits per heavy atom. The first kappa shape index (κ1) is 15.7. The summed E-state index contributed by atoms with van der Waals surface area (Å²) in [5.74, 6) is -0.696. The number of nitrogens with zero attached hydrogens (tertiary/aromatic N) is 2. The number of carbonyl (C=O) groups is 2. The fourth-order valence-electron chi connectivity index (χ4n) is 2.88. The first-order valence-corrected chi connectivity index (χ1v) is 8.59. The van der Waals surface area contributed by atoms with Gasteiger partial charge in [0.25, 0.3) is 5.91 Å². The molecule has 5 nitrogen and oxygen atoms in total.